The third-order valence-corrected chi connectivity index (χ3v) is 7.54. The molecule has 1 saturated carbocycles. The number of hydrogen-bond donors (Lipinski definition) is 1. The Bertz CT molecular complexity index is 1220. The van der Waals surface area contributed by atoms with E-state index in [1.54, 1.807) is 12.3 Å². The minimum Gasteiger partial charge on any atom is -0.464 e. The number of piperidine rings is 1. The van der Waals surface area contributed by atoms with Gasteiger partial charge in [0.2, 0.25) is 5.91 Å². The van der Waals surface area contributed by atoms with Gasteiger partial charge in [-0.2, -0.15) is 0 Å². The van der Waals surface area contributed by atoms with Crippen molar-refractivity contribution < 1.29 is 18.7 Å². The number of nitrogens with zero attached hydrogens (tertiary/aromatic N) is 1. The van der Waals surface area contributed by atoms with Gasteiger partial charge in [0.1, 0.15) is 11.2 Å². The van der Waals surface area contributed by atoms with Crippen LogP contribution in [0.2, 0.25) is 0 Å². The van der Waals surface area contributed by atoms with Gasteiger partial charge in [0.05, 0.1) is 11.9 Å². The molecule has 6 nitrogen and oxygen atoms in total. The number of rotatable bonds is 3. The highest BCUT2D eigenvalue weighted by Gasteiger charge is 2.43. The second-order valence-corrected chi connectivity index (χ2v) is 9.39. The van der Waals surface area contributed by atoms with Crippen LogP contribution in [0.25, 0.3) is 21.9 Å². The first kappa shape index (κ1) is 20.3. The first-order chi connectivity index (χ1) is 14.9. The van der Waals surface area contributed by atoms with Crippen LogP contribution >= 0.6 is 0 Å². The Morgan fingerprint density at radius 3 is 2.87 bits per heavy atom. The SMILES string of the molecule is Cc1coc2cc3oc(=O)c(CCC(=O)N4CCC5(O)CCCCC5C4)c(C)c3cc12. The Morgan fingerprint density at radius 2 is 2.03 bits per heavy atom. The molecule has 3 heterocycles. The Kier molecular flexibility index (Phi) is 4.93. The summed E-state index contributed by atoms with van der Waals surface area (Å²) in [6.45, 7) is 5.12. The number of furan rings is 1. The summed E-state index contributed by atoms with van der Waals surface area (Å²) < 4.78 is 11.1. The van der Waals surface area contributed by atoms with Gasteiger partial charge in [-0.1, -0.05) is 12.8 Å². The van der Waals surface area contributed by atoms with Crippen molar-refractivity contribution in [3.8, 4) is 0 Å². The smallest absolute Gasteiger partial charge is 0.339 e. The molecule has 0 radical (unpaired) electrons. The summed E-state index contributed by atoms with van der Waals surface area (Å²) in [4.78, 5) is 27.5. The van der Waals surface area contributed by atoms with E-state index >= 15 is 0 Å². The Balaban J connectivity index is 1.35. The second-order valence-electron chi connectivity index (χ2n) is 9.39. The molecule has 6 heteroatoms. The van der Waals surface area contributed by atoms with Crippen molar-refractivity contribution in [2.24, 2.45) is 5.92 Å². The number of carbonyl (C=O) groups is 1. The number of benzene rings is 1. The molecule has 1 aliphatic heterocycles. The van der Waals surface area contributed by atoms with Gasteiger partial charge in [-0.15, -0.1) is 0 Å². The van der Waals surface area contributed by atoms with Crippen LogP contribution in [0.5, 0.6) is 0 Å². The van der Waals surface area contributed by atoms with Crippen LogP contribution in [0.15, 0.2) is 32.0 Å². The number of fused-ring (bicyclic) bond motifs is 3. The summed E-state index contributed by atoms with van der Waals surface area (Å²) in [5.41, 5.74) is 2.68. The van der Waals surface area contributed by atoms with Gasteiger partial charge in [0.15, 0.2) is 0 Å². The summed E-state index contributed by atoms with van der Waals surface area (Å²) in [6, 6.07) is 3.77. The Labute approximate surface area is 180 Å². The minimum absolute atomic E-state index is 0.0488. The van der Waals surface area contributed by atoms with Crippen molar-refractivity contribution in [1.82, 2.24) is 4.90 Å². The van der Waals surface area contributed by atoms with Crippen molar-refractivity contribution in [2.75, 3.05) is 13.1 Å². The topological polar surface area (TPSA) is 83.9 Å². The van der Waals surface area contributed by atoms with Gasteiger partial charge in [-0.25, -0.2) is 4.79 Å². The molecule has 2 aliphatic rings. The molecule has 3 aromatic rings. The van der Waals surface area contributed by atoms with E-state index in [2.05, 4.69) is 0 Å². The highest BCUT2D eigenvalue weighted by molar-refractivity contribution is 5.96. The van der Waals surface area contributed by atoms with Crippen molar-refractivity contribution in [1.29, 1.82) is 0 Å². The number of likely N-dealkylation sites (tertiary alicyclic amines) is 1. The molecular weight excluding hydrogens is 394 g/mol. The number of aryl methyl sites for hydroxylation is 2. The summed E-state index contributed by atoms with van der Waals surface area (Å²) in [5, 5.41) is 12.7. The highest BCUT2D eigenvalue weighted by atomic mass is 16.4. The van der Waals surface area contributed by atoms with Gasteiger partial charge < -0.3 is 18.8 Å². The molecule has 31 heavy (non-hydrogen) atoms. The average molecular weight is 424 g/mol. The largest absolute Gasteiger partial charge is 0.464 e. The van der Waals surface area contributed by atoms with Gasteiger partial charge in [-0.05, 0) is 56.7 Å². The Hall–Kier alpha value is -2.60. The molecule has 2 fully saturated rings. The van der Waals surface area contributed by atoms with E-state index in [0.717, 1.165) is 47.6 Å². The van der Waals surface area contributed by atoms with Gasteiger partial charge in [0, 0.05) is 47.8 Å². The molecule has 1 aromatic carbocycles. The van der Waals surface area contributed by atoms with Crippen LogP contribution in [0.1, 0.15) is 55.2 Å². The highest BCUT2D eigenvalue weighted by Crippen LogP contribution is 2.40. The fraction of sp³-hybridized carbons (Fsp3) is 0.520. The predicted octanol–water partition coefficient (Wildman–Crippen LogP) is 4.24. The molecule has 164 valence electrons. The van der Waals surface area contributed by atoms with E-state index in [9.17, 15) is 14.7 Å². The zero-order chi connectivity index (χ0) is 21.8. The van der Waals surface area contributed by atoms with E-state index in [1.807, 2.05) is 24.8 Å². The molecule has 2 aromatic heterocycles. The van der Waals surface area contributed by atoms with Crippen LogP contribution in [-0.2, 0) is 11.2 Å². The second kappa shape index (κ2) is 7.52. The van der Waals surface area contributed by atoms with Crippen molar-refractivity contribution in [3.05, 3.63) is 45.5 Å². The van der Waals surface area contributed by atoms with E-state index in [-0.39, 0.29) is 23.9 Å². The molecule has 2 atom stereocenters. The van der Waals surface area contributed by atoms with Gasteiger partial charge in [-0.3, -0.25) is 4.79 Å². The monoisotopic (exact) mass is 423 g/mol. The first-order valence-corrected chi connectivity index (χ1v) is 11.3. The molecule has 1 amide bonds. The van der Waals surface area contributed by atoms with Crippen LogP contribution in [0.3, 0.4) is 0 Å². The van der Waals surface area contributed by atoms with Crippen molar-refractivity contribution >= 4 is 27.8 Å². The lowest BCUT2D eigenvalue weighted by Crippen LogP contribution is -2.54. The lowest BCUT2D eigenvalue weighted by molar-refractivity contribution is -0.143. The fourth-order valence-electron chi connectivity index (χ4n) is 5.51. The van der Waals surface area contributed by atoms with E-state index in [1.165, 1.54) is 0 Å². The van der Waals surface area contributed by atoms with E-state index < -0.39 is 5.60 Å². The van der Waals surface area contributed by atoms with Crippen LogP contribution < -0.4 is 5.63 Å². The van der Waals surface area contributed by atoms with Crippen molar-refractivity contribution in [2.45, 2.75) is 64.4 Å². The number of aliphatic hydroxyl groups is 1. The predicted molar refractivity (Wildman–Crippen MR) is 118 cm³/mol. The van der Waals surface area contributed by atoms with E-state index in [0.29, 0.717) is 42.7 Å². The quantitative estimate of drug-likeness (QED) is 0.637. The lowest BCUT2D eigenvalue weighted by Gasteiger charge is -2.47. The zero-order valence-corrected chi connectivity index (χ0v) is 18.2. The molecule has 1 aliphatic carbocycles. The van der Waals surface area contributed by atoms with Crippen molar-refractivity contribution in [3.63, 3.8) is 0 Å². The molecular formula is C25H29NO5. The van der Waals surface area contributed by atoms with Crippen LogP contribution in [0.4, 0.5) is 0 Å². The minimum atomic E-state index is -0.596. The number of carbonyl (C=O) groups excluding carboxylic acids is 1. The summed E-state index contributed by atoms with van der Waals surface area (Å²) in [6.07, 6.45) is 7.00. The first-order valence-electron chi connectivity index (χ1n) is 11.3. The van der Waals surface area contributed by atoms with Gasteiger partial charge >= 0.3 is 5.63 Å². The molecule has 0 bridgehead atoms. The number of hydrogen-bond acceptors (Lipinski definition) is 5. The maximum atomic E-state index is 12.9. The molecule has 2 unspecified atom stereocenters. The standard InChI is InChI=1S/C25H29NO5/c1-15-14-30-21-12-22-20(11-19(15)21)16(2)18(24(28)31-22)6-7-23(27)26-10-9-25(29)8-4-3-5-17(25)13-26/h11-12,14,17,29H,3-10,13H2,1-2H3. The Morgan fingerprint density at radius 1 is 1.19 bits per heavy atom. The van der Waals surface area contributed by atoms with Crippen LogP contribution in [0, 0.1) is 19.8 Å². The third-order valence-electron chi connectivity index (χ3n) is 7.54. The van der Waals surface area contributed by atoms with E-state index in [4.69, 9.17) is 8.83 Å². The molecule has 5 rings (SSSR count). The summed E-state index contributed by atoms with van der Waals surface area (Å²) in [5.74, 6) is 0.222. The maximum absolute atomic E-state index is 12.9. The number of amides is 1. The average Bonchev–Trinajstić information content (AvgIpc) is 3.11. The zero-order valence-electron chi connectivity index (χ0n) is 18.2. The normalized spacial score (nSPS) is 24.0. The molecule has 1 saturated heterocycles. The lowest BCUT2D eigenvalue weighted by atomic mass is 9.71. The fourth-order valence-corrected chi connectivity index (χ4v) is 5.51. The summed E-state index contributed by atoms with van der Waals surface area (Å²) >= 11 is 0. The maximum Gasteiger partial charge on any atom is 0.339 e. The molecule has 1 N–H and O–H groups in total. The molecule has 0 spiro atoms. The van der Waals surface area contributed by atoms with Crippen LogP contribution in [-0.4, -0.2) is 34.6 Å². The third kappa shape index (κ3) is 3.47. The summed E-state index contributed by atoms with van der Waals surface area (Å²) in [7, 11) is 0. The van der Waals surface area contributed by atoms with Gasteiger partial charge in [0.25, 0.3) is 0 Å².